The van der Waals surface area contributed by atoms with Gasteiger partial charge in [-0.05, 0) is 24.3 Å². The van der Waals surface area contributed by atoms with Gasteiger partial charge in [-0.3, -0.25) is 4.79 Å². The number of anilines is 2. The van der Waals surface area contributed by atoms with E-state index in [0.29, 0.717) is 10.8 Å². The van der Waals surface area contributed by atoms with E-state index in [0.717, 1.165) is 18.4 Å². The third kappa shape index (κ3) is 5.81. The summed E-state index contributed by atoms with van der Waals surface area (Å²) in [6.45, 7) is 0.998. The van der Waals surface area contributed by atoms with E-state index in [9.17, 15) is 26.4 Å². The summed E-state index contributed by atoms with van der Waals surface area (Å²) in [6.07, 6.45) is -3.63. The SMILES string of the molecule is CS(=O)(=O)N1CCN(C(=O)c2csc(Nc3ccc(OC(F)(F)F)cc3)n2)CC1. The summed E-state index contributed by atoms with van der Waals surface area (Å²) in [5.74, 6) is -0.650. The Balaban J connectivity index is 1.59. The molecule has 0 aliphatic carbocycles. The van der Waals surface area contributed by atoms with E-state index in [4.69, 9.17) is 0 Å². The zero-order valence-corrected chi connectivity index (χ0v) is 16.8. The molecule has 1 amide bonds. The molecule has 0 bridgehead atoms. The summed E-state index contributed by atoms with van der Waals surface area (Å²) in [6, 6.07) is 5.12. The van der Waals surface area contributed by atoms with Gasteiger partial charge in [-0.25, -0.2) is 13.4 Å². The zero-order chi connectivity index (χ0) is 21.2. The minimum Gasteiger partial charge on any atom is -0.406 e. The lowest BCUT2D eigenvalue weighted by Gasteiger charge is -2.32. The Morgan fingerprint density at radius 3 is 2.34 bits per heavy atom. The average Bonchev–Trinajstić information content (AvgIpc) is 3.09. The quantitative estimate of drug-likeness (QED) is 0.753. The van der Waals surface area contributed by atoms with Gasteiger partial charge in [0.15, 0.2) is 5.13 Å². The number of amides is 1. The molecule has 0 spiro atoms. The van der Waals surface area contributed by atoms with Gasteiger partial charge in [0, 0.05) is 37.2 Å². The van der Waals surface area contributed by atoms with Crippen molar-refractivity contribution in [2.45, 2.75) is 6.36 Å². The maximum absolute atomic E-state index is 12.6. The smallest absolute Gasteiger partial charge is 0.406 e. The predicted octanol–water partition coefficient (Wildman–Crippen LogP) is 2.50. The molecule has 1 aromatic heterocycles. The number of rotatable bonds is 5. The van der Waals surface area contributed by atoms with E-state index >= 15 is 0 Å². The van der Waals surface area contributed by atoms with Gasteiger partial charge in [-0.15, -0.1) is 24.5 Å². The van der Waals surface area contributed by atoms with Gasteiger partial charge in [0.1, 0.15) is 11.4 Å². The second-order valence-electron chi connectivity index (χ2n) is 6.19. The topological polar surface area (TPSA) is 91.8 Å². The first-order chi connectivity index (χ1) is 13.5. The van der Waals surface area contributed by atoms with Gasteiger partial charge in [0.2, 0.25) is 10.0 Å². The number of aromatic nitrogens is 1. The fraction of sp³-hybridized carbons (Fsp3) is 0.375. The van der Waals surface area contributed by atoms with Crippen molar-refractivity contribution in [1.82, 2.24) is 14.2 Å². The van der Waals surface area contributed by atoms with Gasteiger partial charge in [-0.1, -0.05) is 0 Å². The Bertz CT molecular complexity index is 969. The molecule has 0 unspecified atom stereocenters. The number of ether oxygens (including phenoxy) is 1. The molecule has 8 nitrogen and oxygen atoms in total. The van der Waals surface area contributed by atoms with Crippen molar-refractivity contribution in [3.63, 3.8) is 0 Å². The first-order valence-electron chi connectivity index (χ1n) is 8.34. The molecule has 158 valence electrons. The number of piperazine rings is 1. The number of thiazole rings is 1. The molecule has 1 aromatic carbocycles. The van der Waals surface area contributed by atoms with Crippen LogP contribution in [0.25, 0.3) is 0 Å². The monoisotopic (exact) mass is 450 g/mol. The molecule has 0 atom stereocenters. The summed E-state index contributed by atoms with van der Waals surface area (Å²) in [5, 5.41) is 4.87. The molecule has 1 saturated heterocycles. The minimum atomic E-state index is -4.76. The number of benzene rings is 1. The number of halogens is 3. The lowest BCUT2D eigenvalue weighted by atomic mass is 10.3. The van der Waals surface area contributed by atoms with E-state index in [-0.39, 0.29) is 43.5 Å². The number of sulfonamides is 1. The standard InChI is InChI=1S/C16H17F3N4O4S2/c1-29(25,26)23-8-6-22(7-9-23)14(24)13-10-28-15(21-13)20-11-2-4-12(5-3-11)27-16(17,18)19/h2-5,10H,6-9H2,1H3,(H,20,21). The van der Waals surface area contributed by atoms with E-state index < -0.39 is 16.4 Å². The molecule has 1 aliphatic heterocycles. The average molecular weight is 450 g/mol. The first kappa shape index (κ1) is 21.3. The molecule has 1 fully saturated rings. The maximum atomic E-state index is 12.6. The molecular formula is C16H17F3N4O4S2. The number of hydrogen-bond donors (Lipinski definition) is 1. The van der Waals surface area contributed by atoms with Crippen molar-refractivity contribution in [3.8, 4) is 5.75 Å². The highest BCUT2D eigenvalue weighted by Crippen LogP contribution is 2.26. The third-order valence-corrected chi connectivity index (χ3v) is 6.12. The molecule has 13 heteroatoms. The van der Waals surface area contributed by atoms with Crippen LogP contribution in [0.5, 0.6) is 5.75 Å². The van der Waals surface area contributed by atoms with E-state index in [1.165, 1.54) is 32.7 Å². The van der Waals surface area contributed by atoms with E-state index in [1.807, 2.05) is 0 Å². The van der Waals surface area contributed by atoms with Gasteiger partial charge in [0.25, 0.3) is 5.91 Å². The Kier molecular flexibility index (Phi) is 6.00. The lowest BCUT2D eigenvalue weighted by Crippen LogP contribution is -2.50. The Morgan fingerprint density at radius 1 is 1.17 bits per heavy atom. The summed E-state index contributed by atoms with van der Waals surface area (Å²) in [7, 11) is -3.28. The molecule has 2 heterocycles. The van der Waals surface area contributed by atoms with E-state index in [2.05, 4.69) is 15.0 Å². The van der Waals surface area contributed by atoms with Crippen LogP contribution >= 0.6 is 11.3 Å². The fourth-order valence-electron chi connectivity index (χ4n) is 2.68. The lowest BCUT2D eigenvalue weighted by molar-refractivity contribution is -0.274. The van der Waals surface area contributed by atoms with Crippen LogP contribution in [-0.2, 0) is 10.0 Å². The van der Waals surface area contributed by atoms with Crippen molar-refractivity contribution in [2.75, 3.05) is 37.8 Å². The van der Waals surface area contributed by atoms with Crippen molar-refractivity contribution < 1.29 is 31.1 Å². The van der Waals surface area contributed by atoms with Crippen LogP contribution < -0.4 is 10.1 Å². The Hall–Kier alpha value is -2.38. The van der Waals surface area contributed by atoms with Crippen LogP contribution in [0.1, 0.15) is 10.5 Å². The normalized spacial score (nSPS) is 15.9. The number of nitrogens with one attached hydrogen (secondary N) is 1. The first-order valence-corrected chi connectivity index (χ1v) is 11.1. The summed E-state index contributed by atoms with van der Waals surface area (Å²) in [4.78, 5) is 18.3. The molecule has 0 radical (unpaired) electrons. The number of carbonyl (C=O) groups is 1. The van der Waals surface area contributed by atoms with Crippen LogP contribution in [0.2, 0.25) is 0 Å². The summed E-state index contributed by atoms with van der Waals surface area (Å²) >= 11 is 1.17. The highest BCUT2D eigenvalue weighted by molar-refractivity contribution is 7.88. The van der Waals surface area contributed by atoms with Crippen LogP contribution in [0.4, 0.5) is 24.0 Å². The molecule has 2 aromatic rings. The Labute approximate surface area is 168 Å². The molecule has 0 saturated carbocycles. The van der Waals surface area contributed by atoms with Crippen LogP contribution in [-0.4, -0.2) is 67.3 Å². The molecular weight excluding hydrogens is 433 g/mol. The summed E-state index contributed by atoms with van der Waals surface area (Å²) < 4.78 is 64.8. The van der Waals surface area contributed by atoms with Gasteiger partial charge in [-0.2, -0.15) is 4.31 Å². The molecule has 3 rings (SSSR count). The number of hydrogen-bond acceptors (Lipinski definition) is 7. The fourth-order valence-corrected chi connectivity index (χ4v) is 4.21. The van der Waals surface area contributed by atoms with Crippen LogP contribution in [0, 0.1) is 0 Å². The van der Waals surface area contributed by atoms with Crippen LogP contribution in [0.3, 0.4) is 0 Å². The van der Waals surface area contributed by atoms with Crippen molar-refractivity contribution in [1.29, 1.82) is 0 Å². The van der Waals surface area contributed by atoms with Crippen molar-refractivity contribution in [3.05, 3.63) is 35.3 Å². The highest BCUT2D eigenvalue weighted by atomic mass is 32.2. The largest absolute Gasteiger partial charge is 0.573 e. The minimum absolute atomic E-state index is 0.210. The number of alkyl halides is 3. The summed E-state index contributed by atoms with van der Waals surface area (Å²) in [5.41, 5.74) is 0.692. The maximum Gasteiger partial charge on any atom is 0.573 e. The van der Waals surface area contributed by atoms with Crippen molar-refractivity contribution >= 4 is 38.1 Å². The van der Waals surface area contributed by atoms with Gasteiger partial charge >= 0.3 is 6.36 Å². The second-order valence-corrected chi connectivity index (χ2v) is 9.03. The molecule has 1 aliphatic rings. The predicted molar refractivity (Wildman–Crippen MR) is 101 cm³/mol. The third-order valence-electron chi connectivity index (χ3n) is 4.06. The second kappa shape index (κ2) is 8.16. The molecule has 29 heavy (non-hydrogen) atoms. The molecule has 1 N–H and O–H groups in total. The van der Waals surface area contributed by atoms with E-state index in [1.54, 1.807) is 5.38 Å². The van der Waals surface area contributed by atoms with Gasteiger partial charge in [0.05, 0.1) is 6.26 Å². The van der Waals surface area contributed by atoms with Crippen LogP contribution in [0.15, 0.2) is 29.6 Å². The number of nitrogens with zero attached hydrogens (tertiary/aromatic N) is 3. The Morgan fingerprint density at radius 2 is 1.79 bits per heavy atom. The van der Waals surface area contributed by atoms with Crippen molar-refractivity contribution in [2.24, 2.45) is 0 Å². The zero-order valence-electron chi connectivity index (χ0n) is 15.1. The highest BCUT2D eigenvalue weighted by Gasteiger charge is 2.31. The van der Waals surface area contributed by atoms with Gasteiger partial charge < -0.3 is 15.0 Å². The number of carbonyl (C=O) groups excluding carboxylic acids is 1.